The average Bonchev–Trinajstić information content (AvgIpc) is 3.32. The molecule has 31 heavy (non-hydrogen) atoms. The number of hydrogen-bond acceptors (Lipinski definition) is 5. The number of hydrogen-bond donors (Lipinski definition) is 2. The second-order valence-electron chi connectivity index (χ2n) is 8.81. The molecular weight excluding hydrogens is 414 g/mol. The predicted molar refractivity (Wildman–Crippen MR) is 119 cm³/mol. The van der Waals surface area contributed by atoms with Crippen LogP contribution in [0.3, 0.4) is 0 Å². The molecule has 1 atom stereocenters. The van der Waals surface area contributed by atoms with Gasteiger partial charge in [-0.3, -0.25) is 5.32 Å². The number of nitrogens with zero attached hydrogens (tertiary/aromatic N) is 3. The van der Waals surface area contributed by atoms with Crippen LogP contribution in [0.4, 0.5) is 4.79 Å². The van der Waals surface area contributed by atoms with Crippen molar-refractivity contribution >= 4 is 28.7 Å². The van der Waals surface area contributed by atoms with Crippen molar-refractivity contribution in [3.05, 3.63) is 46.9 Å². The molecule has 0 spiro atoms. The molecule has 0 radical (unpaired) electrons. The van der Waals surface area contributed by atoms with Crippen molar-refractivity contribution in [2.75, 3.05) is 0 Å². The van der Waals surface area contributed by atoms with Gasteiger partial charge in [0.2, 0.25) is 0 Å². The number of rotatable bonds is 4. The summed E-state index contributed by atoms with van der Waals surface area (Å²) in [5.74, 6) is 1.94. The molecule has 2 fully saturated rings. The summed E-state index contributed by atoms with van der Waals surface area (Å²) in [7, 11) is 0. The largest absolute Gasteiger partial charge is 0.427 e. The van der Waals surface area contributed by atoms with Crippen LogP contribution in [-0.4, -0.2) is 20.6 Å². The first kappa shape index (κ1) is 20.3. The van der Waals surface area contributed by atoms with Gasteiger partial charge in [-0.25, -0.2) is 14.8 Å². The van der Waals surface area contributed by atoms with Crippen molar-refractivity contribution in [1.29, 1.82) is 0 Å². The Morgan fingerprint density at radius 2 is 2.03 bits per heavy atom. The second kappa shape index (κ2) is 8.13. The van der Waals surface area contributed by atoms with Crippen molar-refractivity contribution < 1.29 is 9.63 Å². The van der Waals surface area contributed by atoms with Crippen molar-refractivity contribution in [2.24, 2.45) is 11.8 Å². The Kier molecular flexibility index (Phi) is 5.32. The zero-order valence-corrected chi connectivity index (χ0v) is 18.4. The third kappa shape index (κ3) is 4.00. The molecule has 0 bridgehead atoms. The van der Waals surface area contributed by atoms with Crippen molar-refractivity contribution in [3.8, 4) is 11.3 Å². The Labute approximate surface area is 186 Å². The lowest BCUT2D eigenvalue weighted by Gasteiger charge is -2.27. The van der Waals surface area contributed by atoms with Crippen LogP contribution in [-0.2, 0) is 11.4 Å². The smallest absolute Gasteiger partial charge is 0.351 e. The predicted octanol–water partition coefficient (Wildman–Crippen LogP) is 5.13. The van der Waals surface area contributed by atoms with Crippen LogP contribution in [0, 0.1) is 18.8 Å². The fourth-order valence-corrected chi connectivity index (χ4v) is 4.88. The van der Waals surface area contributed by atoms with Gasteiger partial charge in [0.05, 0.1) is 16.7 Å². The Balaban J connectivity index is 1.63. The molecule has 7 nitrogen and oxygen atoms in total. The molecule has 1 aliphatic carbocycles. The molecule has 1 aliphatic heterocycles. The first-order chi connectivity index (χ1) is 15.0. The summed E-state index contributed by atoms with van der Waals surface area (Å²) in [5, 5.41) is 3.34. The van der Waals surface area contributed by atoms with Gasteiger partial charge in [0.1, 0.15) is 0 Å². The van der Waals surface area contributed by atoms with E-state index in [1.165, 1.54) is 25.7 Å². The molecule has 162 valence electrons. The number of nitrogens with one attached hydrogen (secondary N) is 2. The lowest BCUT2D eigenvalue weighted by atomic mass is 9.83. The molecule has 1 saturated heterocycles. The molecule has 2 aromatic heterocycles. The number of amides is 1. The van der Waals surface area contributed by atoms with Crippen molar-refractivity contribution in [1.82, 2.24) is 25.3 Å². The lowest BCUT2D eigenvalue weighted by Crippen LogP contribution is -2.25. The Morgan fingerprint density at radius 1 is 1.23 bits per heavy atom. The van der Waals surface area contributed by atoms with Crippen LogP contribution in [0.25, 0.3) is 22.3 Å². The Morgan fingerprint density at radius 3 is 2.74 bits per heavy atom. The van der Waals surface area contributed by atoms with Gasteiger partial charge in [-0.15, -0.1) is 5.48 Å². The molecule has 5 rings (SSSR count). The molecule has 8 heteroatoms. The third-order valence-corrected chi connectivity index (χ3v) is 6.62. The molecule has 3 heterocycles. The summed E-state index contributed by atoms with van der Waals surface area (Å²) in [6.07, 6.45) is 6.11. The van der Waals surface area contributed by atoms with E-state index in [0.717, 1.165) is 40.3 Å². The molecule has 3 aromatic rings. The Hall–Kier alpha value is -2.64. The van der Waals surface area contributed by atoms with E-state index in [4.69, 9.17) is 26.4 Å². The number of carbonyl (C=O) groups excluding carboxylic acids is 1. The maximum Gasteiger partial charge on any atom is 0.427 e. The highest BCUT2D eigenvalue weighted by Crippen LogP contribution is 2.35. The van der Waals surface area contributed by atoms with Crippen molar-refractivity contribution in [3.63, 3.8) is 0 Å². The average molecular weight is 440 g/mol. The monoisotopic (exact) mass is 439 g/mol. The Bertz CT molecular complexity index is 1140. The first-order valence-corrected chi connectivity index (χ1v) is 11.2. The molecule has 2 N–H and O–H groups in total. The highest BCUT2D eigenvalue weighted by Gasteiger charge is 2.29. The molecule has 1 amide bonds. The van der Waals surface area contributed by atoms with E-state index in [1.807, 2.05) is 24.3 Å². The number of aromatic nitrogens is 3. The third-order valence-electron chi connectivity index (χ3n) is 6.39. The number of carbonyl (C=O) groups is 1. The van der Waals surface area contributed by atoms with E-state index in [9.17, 15) is 4.79 Å². The van der Waals surface area contributed by atoms with E-state index in [1.54, 1.807) is 0 Å². The quantitative estimate of drug-likeness (QED) is 0.589. The van der Waals surface area contributed by atoms with Crippen LogP contribution in [0.5, 0.6) is 0 Å². The van der Waals surface area contributed by atoms with Crippen LogP contribution >= 0.6 is 11.6 Å². The van der Waals surface area contributed by atoms with Crippen LogP contribution in [0.2, 0.25) is 5.02 Å². The minimum Gasteiger partial charge on any atom is -0.351 e. The fourth-order valence-electron chi connectivity index (χ4n) is 4.69. The standard InChI is InChI=1S/C23H26ClN5O2/c1-13-6-8-15(9-7-13)12-29-11-14(2)18-20(29)19(16-4-3-5-17(24)10-16)26-21(25-18)22-27-23(30)31-28-22/h3-5,10-11,13,15,22,28H,6-9,12H2,1-2H3,(H,27,30). The zero-order valence-electron chi connectivity index (χ0n) is 17.7. The zero-order chi connectivity index (χ0) is 21.5. The highest BCUT2D eigenvalue weighted by molar-refractivity contribution is 6.30. The van der Waals surface area contributed by atoms with Crippen LogP contribution in [0.15, 0.2) is 30.5 Å². The van der Waals surface area contributed by atoms with Gasteiger partial charge in [-0.1, -0.05) is 43.5 Å². The van der Waals surface area contributed by atoms with Gasteiger partial charge in [0.25, 0.3) is 0 Å². The van der Waals surface area contributed by atoms with Gasteiger partial charge in [-0.2, -0.15) is 0 Å². The number of aryl methyl sites for hydroxylation is 1. The van der Waals surface area contributed by atoms with Crippen molar-refractivity contribution in [2.45, 2.75) is 52.2 Å². The molecule has 1 saturated carbocycles. The van der Waals surface area contributed by atoms with Crippen LogP contribution in [0.1, 0.15) is 50.2 Å². The number of hydroxylamine groups is 1. The number of benzene rings is 1. The summed E-state index contributed by atoms with van der Waals surface area (Å²) in [6, 6.07) is 7.69. The maximum absolute atomic E-state index is 11.5. The second-order valence-corrected chi connectivity index (χ2v) is 9.25. The maximum atomic E-state index is 11.5. The normalized spacial score (nSPS) is 23.7. The van der Waals surface area contributed by atoms with E-state index in [2.05, 4.69) is 35.4 Å². The summed E-state index contributed by atoms with van der Waals surface area (Å²) >= 11 is 6.31. The minimum atomic E-state index is -0.600. The molecule has 1 unspecified atom stereocenters. The fraction of sp³-hybridized carbons (Fsp3) is 0.435. The van der Waals surface area contributed by atoms with Gasteiger partial charge in [-0.05, 0) is 49.3 Å². The summed E-state index contributed by atoms with van der Waals surface area (Å²) < 4.78 is 2.31. The minimum absolute atomic E-state index is 0.459. The summed E-state index contributed by atoms with van der Waals surface area (Å²) in [5.41, 5.74) is 7.35. The van der Waals surface area contributed by atoms with E-state index < -0.39 is 12.3 Å². The highest BCUT2D eigenvalue weighted by atomic mass is 35.5. The lowest BCUT2D eigenvalue weighted by molar-refractivity contribution is 0.120. The SMILES string of the molecule is Cc1cn(CC2CCC(C)CC2)c2c(-c3cccc(Cl)c3)nc(C3NOC(=O)N3)nc12. The van der Waals surface area contributed by atoms with Gasteiger partial charge in [0.15, 0.2) is 12.0 Å². The van der Waals surface area contributed by atoms with Gasteiger partial charge >= 0.3 is 6.09 Å². The molecule has 2 aliphatic rings. The molecular formula is C23H26ClN5O2. The van der Waals surface area contributed by atoms with Crippen LogP contribution < -0.4 is 10.8 Å². The first-order valence-electron chi connectivity index (χ1n) is 10.8. The van der Waals surface area contributed by atoms with E-state index in [0.29, 0.717) is 16.8 Å². The van der Waals surface area contributed by atoms with Gasteiger partial charge in [0, 0.05) is 23.3 Å². The number of fused-ring (bicyclic) bond motifs is 1. The topological polar surface area (TPSA) is 81.1 Å². The van der Waals surface area contributed by atoms with Gasteiger partial charge < -0.3 is 9.40 Å². The summed E-state index contributed by atoms with van der Waals surface area (Å²) in [4.78, 5) is 26.0. The number of halogens is 1. The molecule has 1 aromatic carbocycles. The van der Waals surface area contributed by atoms with E-state index in [-0.39, 0.29) is 0 Å². The summed E-state index contributed by atoms with van der Waals surface area (Å²) in [6.45, 7) is 5.37. The van der Waals surface area contributed by atoms with E-state index >= 15 is 0 Å².